The minimum Gasteiger partial charge on any atom is -0.388 e. The van der Waals surface area contributed by atoms with E-state index in [1.54, 1.807) is 18.4 Å². The van der Waals surface area contributed by atoms with Crippen molar-refractivity contribution in [3.8, 4) is 23.1 Å². The SMILES string of the molecule is Cc1c(OC#N)cccc1-c1ccc(C(C)(C)c2ccc(N=C=O)cc2)cc1. The van der Waals surface area contributed by atoms with E-state index in [0.717, 1.165) is 22.3 Å². The lowest BCUT2D eigenvalue weighted by Crippen LogP contribution is -2.18. The van der Waals surface area contributed by atoms with Crippen molar-refractivity contribution in [2.75, 3.05) is 0 Å². The molecular weight excluding hydrogens is 348 g/mol. The summed E-state index contributed by atoms with van der Waals surface area (Å²) >= 11 is 0. The second-order valence-corrected chi connectivity index (χ2v) is 7.07. The highest BCUT2D eigenvalue weighted by molar-refractivity contribution is 5.70. The molecule has 138 valence electrons. The third-order valence-corrected chi connectivity index (χ3v) is 5.12. The summed E-state index contributed by atoms with van der Waals surface area (Å²) in [5.74, 6) is 0.572. The van der Waals surface area contributed by atoms with E-state index >= 15 is 0 Å². The third kappa shape index (κ3) is 3.71. The summed E-state index contributed by atoms with van der Waals surface area (Å²) in [5.41, 5.74) is 5.73. The number of rotatable bonds is 5. The van der Waals surface area contributed by atoms with E-state index < -0.39 is 0 Å². The largest absolute Gasteiger partial charge is 0.388 e. The van der Waals surface area contributed by atoms with Crippen LogP contribution in [0.15, 0.2) is 71.7 Å². The lowest BCUT2D eigenvalue weighted by atomic mass is 9.77. The molecule has 4 heteroatoms. The van der Waals surface area contributed by atoms with Gasteiger partial charge in [-0.3, -0.25) is 0 Å². The Bertz CT molecular complexity index is 1070. The van der Waals surface area contributed by atoms with Crippen molar-refractivity contribution in [2.24, 2.45) is 4.99 Å². The van der Waals surface area contributed by atoms with E-state index in [-0.39, 0.29) is 5.41 Å². The van der Waals surface area contributed by atoms with Crippen LogP contribution in [-0.2, 0) is 10.2 Å². The maximum absolute atomic E-state index is 10.4. The fourth-order valence-corrected chi connectivity index (χ4v) is 3.33. The fraction of sp³-hybridized carbons (Fsp3) is 0.167. The van der Waals surface area contributed by atoms with Crippen molar-refractivity contribution in [3.63, 3.8) is 0 Å². The Morgan fingerprint density at radius 3 is 2.11 bits per heavy atom. The number of hydrogen-bond donors (Lipinski definition) is 0. The summed E-state index contributed by atoms with van der Waals surface area (Å²) < 4.78 is 5.04. The molecule has 3 aromatic carbocycles. The molecule has 3 aromatic rings. The lowest BCUT2D eigenvalue weighted by molar-refractivity contribution is 0.503. The molecule has 0 aromatic heterocycles. The molecule has 0 radical (unpaired) electrons. The second-order valence-electron chi connectivity index (χ2n) is 7.07. The first-order chi connectivity index (χ1) is 13.5. The third-order valence-electron chi connectivity index (χ3n) is 5.12. The average Bonchev–Trinajstić information content (AvgIpc) is 2.71. The van der Waals surface area contributed by atoms with E-state index in [4.69, 9.17) is 10.00 Å². The van der Waals surface area contributed by atoms with Crippen molar-refractivity contribution in [3.05, 3.63) is 83.4 Å². The first-order valence-corrected chi connectivity index (χ1v) is 8.92. The van der Waals surface area contributed by atoms with Gasteiger partial charge in [0.15, 0.2) is 0 Å². The monoisotopic (exact) mass is 368 g/mol. The molecule has 0 unspecified atom stereocenters. The Labute approximate surface area is 164 Å². The molecule has 0 amide bonds. The van der Waals surface area contributed by atoms with Crippen LogP contribution in [0.3, 0.4) is 0 Å². The topological polar surface area (TPSA) is 62.4 Å². The molecule has 0 aliphatic rings. The van der Waals surface area contributed by atoms with Gasteiger partial charge in [0.05, 0.1) is 5.69 Å². The Balaban J connectivity index is 1.93. The molecule has 0 bridgehead atoms. The first kappa shape index (κ1) is 19.1. The molecule has 28 heavy (non-hydrogen) atoms. The van der Waals surface area contributed by atoms with Gasteiger partial charge in [-0.1, -0.05) is 62.4 Å². The molecule has 0 aliphatic heterocycles. The quantitative estimate of drug-likeness (QED) is 0.324. The minimum atomic E-state index is -0.206. The van der Waals surface area contributed by atoms with E-state index in [1.807, 2.05) is 43.3 Å². The van der Waals surface area contributed by atoms with E-state index in [1.165, 1.54) is 5.56 Å². The summed E-state index contributed by atoms with van der Waals surface area (Å²) in [6.07, 6.45) is 3.29. The number of carbonyl (C=O) groups excluding carboxylic acids is 1. The van der Waals surface area contributed by atoms with Crippen LogP contribution >= 0.6 is 0 Å². The molecule has 0 saturated carbocycles. The van der Waals surface area contributed by atoms with Gasteiger partial charge in [0.1, 0.15) is 5.75 Å². The summed E-state index contributed by atoms with van der Waals surface area (Å²) in [7, 11) is 0. The molecule has 0 fully saturated rings. The number of isocyanates is 1. The predicted molar refractivity (Wildman–Crippen MR) is 109 cm³/mol. The van der Waals surface area contributed by atoms with E-state index in [0.29, 0.717) is 11.4 Å². The van der Waals surface area contributed by atoms with Gasteiger partial charge in [-0.25, -0.2) is 4.79 Å². The number of benzene rings is 3. The highest BCUT2D eigenvalue weighted by Crippen LogP contribution is 2.35. The Hall–Kier alpha value is -3.67. The van der Waals surface area contributed by atoms with Gasteiger partial charge in [-0.15, -0.1) is 5.26 Å². The molecule has 0 saturated heterocycles. The van der Waals surface area contributed by atoms with Crippen molar-refractivity contribution in [2.45, 2.75) is 26.2 Å². The smallest absolute Gasteiger partial charge is 0.292 e. The number of nitriles is 1. The number of nitrogens with zero attached hydrogens (tertiary/aromatic N) is 2. The first-order valence-electron chi connectivity index (χ1n) is 8.92. The Kier molecular flexibility index (Phi) is 5.40. The fourth-order valence-electron chi connectivity index (χ4n) is 3.33. The number of ether oxygens (including phenoxy) is 1. The van der Waals surface area contributed by atoms with Crippen molar-refractivity contribution >= 4 is 11.8 Å². The zero-order valence-electron chi connectivity index (χ0n) is 16.1. The van der Waals surface area contributed by atoms with E-state index in [2.05, 4.69) is 43.1 Å². The molecule has 0 spiro atoms. The van der Waals surface area contributed by atoms with Crippen LogP contribution < -0.4 is 4.74 Å². The maximum atomic E-state index is 10.4. The maximum Gasteiger partial charge on any atom is 0.292 e. The lowest BCUT2D eigenvalue weighted by Gasteiger charge is -2.26. The zero-order valence-corrected chi connectivity index (χ0v) is 16.1. The normalized spacial score (nSPS) is 10.6. The summed E-state index contributed by atoms with van der Waals surface area (Å²) in [4.78, 5) is 14.0. The summed E-state index contributed by atoms with van der Waals surface area (Å²) in [6.45, 7) is 6.27. The zero-order chi connectivity index (χ0) is 20.1. The van der Waals surface area contributed by atoms with Crippen molar-refractivity contribution in [1.82, 2.24) is 0 Å². The molecule has 4 nitrogen and oxygen atoms in total. The Morgan fingerprint density at radius 1 is 0.929 bits per heavy atom. The highest BCUT2D eigenvalue weighted by Gasteiger charge is 2.23. The van der Waals surface area contributed by atoms with Crippen molar-refractivity contribution in [1.29, 1.82) is 5.26 Å². The molecule has 0 N–H and O–H groups in total. The molecule has 3 rings (SSSR count). The van der Waals surface area contributed by atoms with Gasteiger partial charge in [-0.05, 0) is 47.4 Å². The van der Waals surface area contributed by atoms with Crippen LogP contribution in [0.5, 0.6) is 5.75 Å². The predicted octanol–water partition coefficient (Wildman–Crippen LogP) is 5.82. The van der Waals surface area contributed by atoms with Crippen LogP contribution in [0.1, 0.15) is 30.5 Å². The standard InChI is InChI=1S/C24H20N2O2/c1-17-22(5-4-6-23(17)28-15-25)18-7-9-19(10-8-18)24(2,3)20-11-13-21(14-12-20)26-16-27/h4-14H,1-3H3. The van der Waals surface area contributed by atoms with Gasteiger partial charge >= 0.3 is 0 Å². The Morgan fingerprint density at radius 2 is 1.54 bits per heavy atom. The van der Waals surface area contributed by atoms with E-state index in [9.17, 15) is 4.79 Å². The number of hydrogen-bond acceptors (Lipinski definition) is 4. The molecular formula is C24H20N2O2. The van der Waals surface area contributed by atoms with Crippen LogP contribution in [0, 0.1) is 18.4 Å². The average molecular weight is 368 g/mol. The van der Waals surface area contributed by atoms with Gasteiger partial charge < -0.3 is 4.74 Å². The van der Waals surface area contributed by atoms with Gasteiger partial charge in [0, 0.05) is 11.0 Å². The summed E-state index contributed by atoms with van der Waals surface area (Å²) in [6, 6.07) is 21.7. The van der Waals surface area contributed by atoms with Gasteiger partial charge in [-0.2, -0.15) is 4.99 Å². The van der Waals surface area contributed by atoms with Gasteiger partial charge in [0.2, 0.25) is 6.08 Å². The van der Waals surface area contributed by atoms with Crippen LogP contribution in [0.4, 0.5) is 5.69 Å². The van der Waals surface area contributed by atoms with Crippen LogP contribution in [0.2, 0.25) is 0 Å². The second kappa shape index (κ2) is 7.92. The van der Waals surface area contributed by atoms with Crippen LogP contribution in [-0.4, -0.2) is 6.08 Å². The van der Waals surface area contributed by atoms with Crippen LogP contribution in [0.25, 0.3) is 11.1 Å². The molecule has 0 heterocycles. The summed E-state index contributed by atoms with van der Waals surface area (Å²) in [5, 5.41) is 8.79. The minimum absolute atomic E-state index is 0.206. The van der Waals surface area contributed by atoms with Gasteiger partial charge in [0.25, 0.3) is 6.26 Å². The highest BCUT2D eigenvalue weighted by atomic mass is 16.5. The molecule has 0 atom stereocenters. The molecule has 0 aliphatic carbocycles. The van der Waals surface area contributed by atoms with Crippen molar-refractivity contribution < 1.29 is 9.53 Å². The number of aliphatic imine (C=N–C) groups is 1.